The Hall–Kier alpha value is -0.220. The molecule has 0 bridgehead atoms. The number of hydrogen-bond acceptors (Lipinski definition) is 3. The van der Waals surface area contributed by atoms with Gasteiger partial charge in [-0.1, -0.05) is 12.6 Å². The minimum atomic E-state index is -0.550. The van der Waals surface area contributed by atoms with Gasteiger partial charge in [0, 0.05) is 20.1 Å². The van der Waals surface area contributed by atoms with Crippen LogP contribution in [0.2, 0.25) is 0 Å². The third-order valence-corrected chi connectivity index (χ3v) is 1.36. The molecule has 11 heavy (non-hydrogen) atoms. The second-order valence-corrected chi connectivity index (χ2v) is 3.24. The lowest BCUT2D eigenvalue weighted by Crippen LogP contribution is -2.27. The predicted molar refractivity (Wildman–Crippen MR) is 46.0 cm³/mol. The van der Waals surface area contributed by atoms with E-state index in [0.717, 1.165) is 0 Å². The largest absolute Gasteiger partial charge is 0.452 e. The molecule has 0 radical (unpaired) electrons. The topological polar surface area (TPSA) is 35.5 Å². The fourth-order valence-electron chi connectivity index (χ4n) is 0.635. The van der Waals surface area contributed by atoms with Gasteiger partial charge in [0.05, 0.1) is 0 Å². The van der Waals surface area contributed by atoms with Gasteiger partial charge in [0.25, 0.3) is 0 Å². The maximum absolute atomic E-state index is 10.4. The number of thiol groups is 1. The first-order valence-corrected chi connectivity index (χ1v) is 3.83. The van der Waals surface area contributed by atoms with Crippen molar-refractivity contribution in [2.24, 2.45) is 0 Å². The molecule has 66 valence electrons. The Kier molecular flexibility index (Phi) is 4.52. The molecule has 0 N–H and O–H groups in total. The number of carbonyl (C=O) groups excluding carboxylic acids is 1. The fraction of sp³-hybridized carbons (Fsp3) is 0.857. The number of hydrogen-bond donors (Lipinski definition) is 1. The van der Waals surface area contributed by atoms with Crippen LogP contribution in [0, 0.1) is 0 Å². The van der Waals surface area contributed by atoms with Crippen LogP contribution in [0.25, 0.3) is 0 Å². The molecule has 0 amide bonds. The zero-order chi connectivity index (χ0) is 8.91. The van der Waals surface area contributed by atoms with Gasteiger partial charge in [0.15, 0.2) is 0 Å². The van der Waals surface area contributed by atoms with Gasteiger partial charge in [0.1, 0.15) is 5.60 Å². The Bertz CT molecular complexity index is 134. The van der Waals surface area contributed by atoms with Crippen LogP contribution < -0.4 is 0 Å². The minimum Gasteiger partial charge on any atom is -0.452 e. The van der Waals surface area contributed by atoms with Gasteiger partial charge in [-0.25, -0.2) is 4.79 Å². The van der Waals surface area contributed by atoms with Crippen LogP contribution in [0.5, 0.6) is 0 Å². The molecule has 0 saturated heterocycles. The molecule has 3 nitrogen and oxygen atoms in total. The van der Waals surface area contributed by atoms with Crippen LogP contribution in [-0.4, -0.2) is 24.6 Å². The van der Waals surface area contributed by atoms with E-state index in [0.29, 0.717) is 13.0 Å². The van der Waals surface area contributed by atoms with Crippen LogP contribution in [0.3, 0.4) is 0 Å². The molecule has 0 unspecified atom stereocenters. The third-order valence-electron chi connectivity index (χ3n) is 1.27. The van der Waals surface area contributed by atoms with Crippen molar-refractivity contribution in [1.82, 2.24) is 0 Å². The lowest BCUT2D eigenvalue weighted by atomic mass is 10.1. The highest BCUT2D eigenvalue weighted by atomic mass is 32.1. The summed E-state index contributed by atoms with van der Waals surface area (Å²) in [5.74, 6) is 0. The van der Waals surface area contributed by atoms with Crippen LogP contribution in [0.1, 0.15) is 20.3 Å². The first-order chi connectivity index (χ1) is 4.98. The Morgan fingerprint density at radius 2 is 2.09 bits per heavy atom. The van der Waals surface area contributed by atoms with Crippen molar-refractivity contribution in [3.8, 4) is 0 Å². The summed E-state index contributed by atoms with van der Waals surface area (Å²) in [4.78, 5) is 10.4. The second kappa shape index (κ2) is 4.62. The molecule has 0 heterocycles. The van der Waals surface area contributed by atoms with Crippen molar-refractivity contribution >= 4 is 17.9 Å². The summed E-state index contributed by atoms with van der Waals surface area (Å²) < 4.78 is 9.73. The average Bonchev–Trinajstić information content (AvgIpc) is 1.81. The minimum absolute atomic E-state index is 0.477. The Morgan fingerprint density at radius 3 is 2.45 bits per heavy atom. The molecular weight excluding hydrogens is 164 g/mol. The monoisotopic (exact) mass is 178 g/mol. The summed E-state index contributed by atoms with van der Waals surface area (Å²) in [6, 6.07) is 0. The number of methoxy groups -OCH3 is 1. The highest BCUT2D eigenvalue weighted by Gasteiger charge is 2.20. The highest BCUT2D eigenvalue weighted by molar-refractivity contribution is 7.96. The Labute approximate surface area is 72.5 Å². The van der Waals surface area contributed by atoms with Crippen molar-refractivity contribution in [2.45, 2.75) is 25.9 Å². The molecule has 0 aliphatic heterocycles. The first kappa shape index (κ1) is 10.8. The Morgan fingerprint density at radius 1 is 1.55 bits per heavy atom. The van der Waals surface area contributed by atoms with Crippen LogP contribution in [-0.2, 0) is 9.47 Å². The van der Waals surface area contributed by atoms with Crippen LogP contribution in [0.15, 0.2) is 0 Å². The summed E-state index contributed by atoms with van der Waals surface area (Å²) in [6.45, 7) is 4.22. The standard InChI is InChI=1S/C7H14O3S/c1-7(2,4-5-9-3)10-6(8)11/h4-5H2,1-3H3,(H,8,11). The van der Waals surface area contributed by atoms with Crippen molar-refractivity contribution in [3.05, 3.63) is 0 Å². The van der Waals surface area contributed by atoms with Crippen molar-refractivity contribution in [1.29, 1.82) is 0 Å². The van der Waals surface area contributed by atoms with Gasteiger partial charge >= 0.3 is 5.30 Å². The molecule has 0 aromatic carbocycles. The molecule has 0 spiro atoms. The van der Waals surface area contributed by atoms with E-state index in [-0.39, 0.29) is 0 Å². The molecule has 0 atom stereocenters. The molecular formula is C7H14O3S. The van der Waals surface area contributed by atoms with E-state index >= 15 is 0 Å². The second-order valence-electron chi connectivity index (χ2n) is 2.87. The fourth-order valence-corrected chi connectivity index (χ4v) is 0.882. The van der Waals surface area contributed by atoms with E-state index < -0.39 is 10.9 Å². The predicted octanol–water partition coefficient (Wildman–Crippen LogP) is 1.87. The smallest absolute Gasteiger partial charge is 0.364 e. The average molecular weight is 178 g/mol. The molecule has 0 saturated carbocycles. The highest BCUT2D eigenvalue weighted by Crippen LogP contribution is 2.15. The van der Waals surface area contributed by atoms with E-state index in [9.17, 15) is 4.79 Å². The lowest BCUT2D eigenvalue weighted by Gasteiger charge is -2.23. The summed E-state index contributed by atoms with van der Waals surface area (Å²) in [5, 5.41) is -0.550. The zero-order valence-electron chi connectivity index (χ0n) is 7.09. The van der Waals surface area contributed by atoms with Gasteiger partial charge < -0.3 is 9.47 Å². The normalized spacial score (nSPS) is 11.3. The maximum Gasteiger partial charge on any atom is 0.364 e. The van der Waals surface area contributed by atoms with Gasteiger partial charge in [-0.15, -0.1) is 0 Å². The molecule has 0 aromatic rings. The number of ether oxygens (including phenoxy) is 2. The third kappa shape index (κ3) is 6.19. The molecule has 4 heteroatoms. The van der Waals surface area contributed by atoms with Crippen molar-refractivity contribution in [2.75, 3.05) is 13.7 Å². The van der Waals surface area contributed by atoms with E-state index in [4.69, 9.17) is 9.47 Å². The number of carbonyl (C=O) groups is 1. The quantitative estimate of drug-likeness (QED) is 0.527. The number of rotatable bonds is 4. The van der Waals surface area contributed by atoms with E-state index in [1.54, 1.807) is 7.11 Å². The summed E-state index contributed by atoms with van der Waals surface area (Å²) in [6.07, 6.45) is 0.676. The van der Waals surface area contributed by atoms with Gasteiger partial charge in [-0.05, 0) is 13.8 Å². The van der Waals surface area contributed by atoms with Crippen molar-refractivity contribution < 1.29 is 14.3 Å². The maximum atomic E-state index is 10.4. The van der Waals surface area contributed by atoms with Gasteiger partial charge in [-0.2, -0.15) is 0 Å². The summed E-state index contributed by atoms with van der Waals surface area (Å²) >= 11 is 3.51. The SMILES string of the molecule is COCCC(C)(C)OC(=O)S. The molecule has 0 aromatic heterocycles. The van der Waals surface area contributed by atoms with Crippen LogP contribution in [0.4, 0.5) is 4.79 Å². The molecule has 0 aliphatic rings. The summed E-state index contributed by atoms with van der Waals surface area (Å²) in [5.41, 5.74) is -0.477. The van der Waals surface area contributed by atoms with Gasteiger partial charge in [-0.3, -0.25) is 0 Å². The molecule has 0 aliphatic carbocycles. The van der Waals surface area contributed by atoms with E-state index in [2.05, 4.69) is 12.6 Å². The lowest BCUT2D eigenvalue weighted by molar-refractivity contribution is 0.0300. The van der Waals surface area contributed by atoms with Gasteiger partial charge in [0.2, 0.25) is 0 Å². The zero-order valence-corrected chi connectivity index (χ0v) is 7.98. The van der Waals surface area contributed by atoms with Crippen molar-refractivity contribution in [3.63, 3.8) is 0 Å². The molecule has 0 fully saturated rings. The first-order valence-electron chi connectivity index (χ1n) is 3.39. The van der Waals surface area contributed by atoms with Crippen LogP contribution >= 0.6 is 12.6 Å². The van der Waals surface area contributed by atoms with E-state index in [1.165, 1.54) is 0 Å². The Balaban J connectivity index is 3.70. The summed E-state index contributed by atoms with van der Waals surface area (Å²) in [7, 11) is 1.61. The van der Waals surface area contributed by atoms with E-state index in [1.807, 2.05) is 13.8 Å². The molecule has 0 rings (SSSR count).